The van der Waals surface area contributed by atoms with Crippen LogP contribution in [0.25, 0.3) is 0 Å². The normalized spacial score (nSPS) is 10.3. The van der Waals surface area contributed by atoms with Gasteiger partial charge in [-0.05, 0) is 9.91 Å². The number of aromatic nitrogens is 2. The van der Waals surface area contributed by atoms with Crippen LogP contribution in [-0.4, -0.2) is 20.3 Å². The summed E-state index contributed by atoms with van der Waals surface area (Å²) in [5.41, 5.74) is 0.849. The molecule has 0 atom stereocenters. The van der Waals surface area contributed by atoms with Gasteiger partial charge in [0.15, 0.2) is 5.78 Å². The Kier molecular flexibility index (Phi) is 3.18. The third-order valence-electron chi connectivity index (χ3n) is 2.63. The molecule has 0 aliphatic rings. The summed E-state index contributed by atoms with van der Waals surface area (Å²) in [6.45, 7) is 0. The summed E-state index contributed by atoms with van der Waals surface area (Å²) in [7, 11) is 1.63. The van der Waals surface area contributed by atoms with E-state index in [0.29, 0.717) is 11.3 Å². The molecule has 0 N–H and O–H groups in total. The number of Topliss-reactive ketones (excluding diaryl/α,β-unsaturated/α-hetero) is 1. The molecule has 0 amide bonds. The molecule has 0 spiro atoms. The molecule has 92 valence electrons. The van der Waals surface area contributed by atoms with E-state index in [2.05, 4.69) is 4.98 Å². The van der Waals surface area contributed by atoms with Gasteiger partial charge < -0.3 is 14.7 Å². The summed E-state index contributed by atoms with van der Waals surface area (Å²) >= 11 is 0. The molecule has 2 aromatic rings. The first-order valence-electron chi connectivity index (χ1n) is 5.32. The van der Waals surface area contributed by atoms with Crippen molar-refractivity contribution in [1.82, 2.24) is 9.55 Å². The Morgan fingerprint density at radius 3 is 2.67 bits per heavy atom. The molecule has 6 heteroatoms. The maximum Gasteiger partial charge on any atom is 0.385 e. The predicted octanol–water partition coefficient (Wildman–Crippen LogP) is 1.75. The molecule has 1 heterocycles. The molecular weight excluding hydrogens is 234 g/mol. The van der Waals surface area contributed by atoms with Gasteiger partial charge in [0.1, 0.15) is 5.69 Å². The molecule has 0 radical (unpaired) electrons. The number of nitro groups is 1. The smallest absolute Gasteiger partial charge is 0.358 e. The van der Waals surface area contributed by atoms with Crippen LogP contribution in [0.1, 0.15) is 16.1 Å². The largest absolute Gasteiger partial charge is 0.385 e. The van der Waals surface area contributed by atoms with Gasteiger partial charge in [-0.2, -0.15) is 0 Å². The second-order valence-corrected chi connectivity index (χ2v) is 3.85. The molecule has 0 saturated heterocycles. The van der Waals surface area contributed by atoms with Gasteiger partial charge in [-0.1, -0.05) is 30.3 Å². The van der Waals surface area contributed by atoms with E-state index >= 15 is 0 Å². The Hall–Kier alpha value is -2.50. The Balaban J connectivity index is 2.27. The summed E-state index contributed by atoms with van der Waals surface area (Å²) in [6.07, 6.45) is 1.31. The van der Waals surface area contributed by atoms with Crippen molar-refractivity contribution in [2.45, 2.75) is 6.42 Å². The lowest BCUT2D eigenvalue weighted by atomic mass is 10.1. The van der Waals surface area contributed by atoms with Crippen LogP contribution >= 0.6 is 0 Å². The number of benzene rings is 1. The van der Waals surface area contributed by atoms with Gasteiger partial charge >= 0.3 is 5.82 Å². The van der Waals surface area contributed by atoms with Gasteiger partial charge in [0.05, 0.1) is 6.42 Å². The SMILES string of the molecule is Cn1cnc([N+](=O)[O-])c1CC(=O)c1ccccc1. The van der Waals surface area contributed by atoms with E-state index in [0.717, 1.165) is 0 Å². The van der Waals surface area contributed by atoms with E-state index < -0.39 is 4.92 Å². The zero-order valence-electron chi connectivity index (χ0n) is 9.74. The maximum atomic E-state index is 12.0. The number of nitrogens with zero attached hydrogens (tertiary/aromatic N) is 3. The van der Waals surface area contributed by atoms with Crippen molar-refractivity contribution in [1.29, 1.82) is 0 Å². The van der Waals surface area contributed by atoms with Crippen LogP contribution < -0.4 is 0 Å². The van der Waals surface area contributed by atoms with Crippen molar-refractivity contribution in [3.8, 4) is 0 Å². The molecule has 0 unspecified atom stereocenters. The lowest BCUT2D eigenvalue weighted by Gasteiger charge is -2.02. The number of hydrogen-bond acceptors (Lipinski definition) is 4. The number of rotatable bonds is 4. The number of ketones is 1. The van der Waals surface area contributed by atoms with Gasteiger partial charge in [-0.15, -0.1) is 0 Å². The van der Waals surface area contributed by atoms with Gasteiger partial charge in [-0.25, -0.2) is 0 Å². The quantitative estimate of drug-likeness (QED) is 0.467. The van der Waals surface area contributed by atoms with Crippen molar-refractivity contribution in [3.63, 3.8) is 0 Å². The second kappa shape index (κ2) is 4.79. The molecule has 0 aliphatic heterocycles. The molecule has 18 heavy (non-hydrogen) atoms. The molecule has 0 bridgehead atoms. The minimum absolute atomic E-state index is 0.0309. The van der Waals surface area contributed by atoms with Gasteiger partial charge in [0.2, 0.25) is 6.33 Å². The molecule has 6 nitrogen and oxygen atoms in total. The molecular formula is C12H11N3O3. The summed E-state index contributed by atoms with van der Waals surface area (Å²) in [5, 5.41) is 10.8. The standard InChI is InChI=1S/C12H11N3O3/c1-14-8-13-12(15(17)18)10(14)7-11(16)9-5-3-2-4-6-9/h2-6,8H,7H2,1H3. The van der Waals surface area contributed by atoms with Crippen molar-refractivity contribution >= 4 is 11.6 Å². The fourth-order valence-electron chi connectivity index (χ4n) is 1.68. The minimum atomic E-state index is -0.576. The Morgan fingerprint density at radius 2 is 2.06 bits per heavy atom. The van der Waals surface area contributed by atoms with E-state index in [1.54, 1.807) is 31.3 Å². The summed E-state index contributed by atoms with van der Waals surface area (Å²) in [4.78, 5) is 25.8. The third kappa shape index (κ3) is 2.27. The highest BCUT2D eigenvalue weighted by molar-refractivity contribution is 5.97. The third-order valence-corrected chi connectivity index (χ3v) is 2.63. The molecule has 1 aromatic heterocycles. The van der Waals surface area contributed by atoms with E-state index in [1.165, 1.54) is 10.9 Å². The average molecular weight is 245 g/mol. The number of carbonyl (C=O) groups excluding carboxylic acids is 1. The zero-order valence-corrected chi connectivity index (χ0v) is 9.74. The summed E-state index contributed by atoms with van der Waals surface area (Å²) < 4.78 is 1.50. The van der Waals surface area contributed by atoms with Crippen LogP contribution in [-0.2, 0) is 13.5 Å². The first kappa shape index (κ1) is 12.0. The van der Waals surface area contributed by atoms with Gasteiger partial charge in [0, 0.05) is 12.6 Å². The van der Waals surface area contributed by atoms with E-state index in [4.69, 9.17) is 0 Å². The Morgan fingerprint density at radius 1 is 1.39 bits per heavy atom. The highest BCUT2D eigenvalue weighted by atomic mass is 16.6. The summed E-state index contributed by atoms with van der Waals surface area (Å²) in [6, 6.07) is 8.69. The first-order valence-corrected chi connectivity index (χ1v) is 5.32. The highest BCUT2D eigenvalue weighted by Gasteiger charge is 2.22. The van der Waals surface area contributed by atoms with Crippen molar-refractivity contribution in [2.24, 2.45) is 7.05 Å². The molecule has 0 saturated carbocycles. The lowest BCUT2D eigenvalue weighted by molar-refractivity contribution is -0.390. The van der Waals surface area contributed by atoms with Crippen LogP contribution in [0.4, 0.5) is 5.82 Å². The van der Waals surface area contributed by atoms with Crippen LogP contribution in [0.15, 0.2) is 36.7 Å². The van der Waals surface area contributed by atoms with E-state index in [1.807, 2.05) is 6.07 Å². The Bertz CT molecular complexity index is 590. The average Bonchev–Trinajstić information content (AvgIpc) is 2.72. The van der Waals surface area contributed by atoms with Gasteiger partial charge in [0.25, 0.3) is 0 Å². The maximum absolute atomic E-state index is 12.0. The van der Waals surface area contributed by atoms with Crippen molar-refractivity contribution < 1.29 is 9.72 Å². The van der Waals surface area contributed by atoms with Gasteiger partial charge in [-0.3, -0.25) is 4.79 Å². The topological polar surface area (TPSA) is 78.0 Å². The minimum Gasteiger partial charge on any atom is -0.358 e. The Labute approximate surface area is 103 Å². The van der Waals surface area contributed by atoms with Crippen LogP contribution in [0, 0.1) is 10.1 Å². The van der Waals surface area contributed by atoms with Crippen LogP contribution in [0.3, 0.4) is 0 Å². The number of carbonyl (C=O) groups is 1. The molecule has 0 aliphatic carbocycles. The first-order chi connectivity index (χ1) is 8.59. The van der Waals surface area contributed by atoms with Crippen LogP contribution in [0.5, 0.6) is 0 Å². The fraction of sp³-hybridized carbons (Fsp3) is 0.167. The number of aryl methyl sites for hydroxylation is 1. The highest BCUT2D eigenvalue weighted by Crippen LogP contribution is 2.17. The summed E-state index contributed by atoms with van der Waals surface area (Å²) in [5.74, 6) is -0.427. The molecule has 1 aromatic carbocycles. The van der Waals surface area contributed by atoms with Crippen LogP contribution in [0.2, 0.25) is 0 Å². The molecule has 0 fully saturated rings. The number of imidazole rings is 1. The second-order valence-electron chi connectivity index (χ2n) is 3.85. The lowest BCUT2D eigenvalue weighted by Crippen LogP contribution is -2.08. The van der Waals surface area contributed by atoms with E-state index in [-0.39, 0.29) is 18.0 Å². The monoisotopic (exact) mass is 245 g/mol. The fourth-order valence-corrected chi connectivity index (χ4v) is 1.68. The number of hydrogen-bond donors (Lipinski definition) is 0. The van der Waals surface area contributed by atoms with Crippen molar-refractivity contribution in [2.75, 3.05) is 0 Å². The predicted molar refractivity (Wildman–Crippen MR) is 64.3 cm³/mol. The van der Waals surface area contributed by atoms with Crippen molar-refractivity contribution in [3.05, 3.63) is 58.0 Å². The van der Waals surface area contributed by atoms with E-state index in [9.17, 15) is 14.9 Å². The zero-order chi connectivity index (χ0) is 13.1. The molecule has 2 rings (SSSR count).